The number of hydrogen-bond donors (Lipinski definition) is 2. The number of amides is 1. The SMILES string of the molecule is N#C/C(=C/c1ccc(C(F)(F)F)cc1)C(=O)Nc1cccc(C(=O)O)c1. The third-order valence-corrected chi connectivity index (χ3v) is 3.28. The molecule has 0 atom stereocenters. The second-order valence-corrected chi connectivity index (χ2v) is 5.13. The van der Waals surface area contributed by atoms with Crippen molar-refractivity contribution < 1.29 is 27.9 Å². The molecule has 26 heavy (non-hydrogen) atoms. The lowest BCUT2D eigenvalue weighted by molar-refractivity contribution is -0.137. The van der Waals surface area contributed by atoms with Crippen LogP contribution in [-0.4, -0.2) is 17.0 Å². The smallest absolute Gasteiger partial charge is 0.416 e. The fourth-order valence-corrected chi connectivity index (χ4v) is 2.01. The maximum absolute atomic E-state index is 12.5. The number of carbonyl (C=O) groups excluding carboxylic acids is 1. The topological polar surface area (TPSA) is 90.2 Å². The van der Waals surface area contributed by atoms with E-state index >= 15 is 0 Å². The zero-order valence-electron chi connectivity index (χ0n) is 13.0. The largest absolute Gasteiger partial charge is 0.478 e. The van der Waals surface area contributed by atoms with Crippen LogP contribution in [0, 0.1) is 11.3 Å². The van der Waals surface area contributed by atoms with Gasteiger partial charge in [-0.3, -0.25) is 4.79 Å². The van der Waals surface area contributed by atoms with Gasteiger partial charge in [0, 0.05) is 5.69 Å². The summed E-state index contributed by atoms with van der Waals surface area (Å²) in [5.41, 5.74) is -0.825. The summed E-state index contributed by atoms with van der Waals surface area (Å²) in [6.07, 6.45) is -3.34. The van der Waals surface area contributed by atoms with E-state index < -0.39 is 23.6 Å². The van der Waals surface area contributed by atoms with Crippen molar-refractivity contribution in [1.82, 2.24) is 0 Å². The Balaban J connectivity index is 2.21. The normalized spacial score (nSPS) is 11.5. The molecule has 0 aliphatic rings. The Bertz CT molecular complexity index is 911. The van der Waals surface area contributed by atoms with Crippen LogP contribution in [0.5, 0.6) is 0 Å². The highest BCUT2D eigenvalue weighted by Gasteiger charge is 2.29. The Morgan fingerprint density at radius 1 is 1.12 bits per heavy atom. The van der Waals surface area contributed by atoms with Crippen molar-refractivity contribution in [3.63, 3.8) is 0 Å². The number of rotatable bonds is 4. The first-order valence-corrected chi connectivity index (χ1v) is 7.14. The number of nitrogens with one attached hydrogen (secondary N) is 1. The predicted octanol–water partition coefficient (Wildman–Crippen LogP) is 3.95. The molecule has 0 aliphatic carbocycles. The van der Waals surface area contributed by atoms with E-state index in [2.05, 4.69) is 5.32 Å². The number of carbonyl (C=O) groups is 2. The van der Waals surface area contributed by atoms with Gasteiger partial charge in [-0.05, 0) is 42.0 Å². The number of anilines is 1. The monoisotopic (exact) mass is 360 g/mol. The Kier molecular flexibility index (Phi) is 5.42. The van der Waals surface area contributed by atoms with E-state index in [9.17, 15) is 22.8 Å². The molecule has 0 fully saturated rings. The van der Waals surface area contributed by atoms with E-state index in [-0.39, 0.29) is 22.4 Å². The van der Waals surface area contributed by atoms with E-state index in [4.69, 9.17) is 10.4 Å². The van der Waals surface area contributed by atoms with Gasteiger partial charge in [-0.1, -0.05) is 18.2 Å². The number of alkyl halides is 3. The van der Waals surface area contributed by atoms with Crippen molar-refractivity contribution in [2.45, 2.75) is 6.18 Å². The molecule has 0 saturated carbocycles. The highest BCUT2D eigenvalue weighted by molar-refractivity contribution is 6.10. The van der Waals surface area contributed by atoms with Crippen molar-refractivity contribution in [3.05, 3.63) is 70.8 Å². The molecule has 0 spiro atoms. The molecule has 0 aromatic heterocycles. The minimum absolute atomic E-state index is 0.0481. The molecule has 1 amide bonds. The van der Waals surface area contributed by atoms with Crippen LogP contribution in [-0.2, 0) is 11.0 Å². The van der Waals surface area contributed by atoms with E-state index in [0.717, 1.165) is 30.3 Å². The van der Waals surface area contributed by atoms with Crippen LogP contribution < -0.4 is 5.32 Å². The molecule has 2 aromatic carbocycles. The van der Waals surface area contributed by atoms with Crippen LogP contribution >= 0.6 is 0 Å². The second-order valence-electron chi connectivity index (χ2n) is 5.13. The summed E-state index contributed by atoms with van der Waals surface area (Å²) in [6, 6.07) is 11.0. The number of aromatic carboxylic acids is 1. The predicted molar refractivity (Wildman–Crippen MR) is 87.1 cm³/mol. The molecule has 2 aromatic rings. The zero-order chi connectivity index (χ0) is 19.3. The van der Waals surface area contributed by atoms with Crippen molar-refractivity contribution in [1.29, 1.82) is 5.26 Å². The maximum atomic E-state index is 12.5. The van der Waals surface area contributed by atoms with E-state index in [1.807, 2.05) is 0 Å². The minimum Gasteiger partial charge on any atom is -0.478 e. The molecule has 132 valence electrons. The van der Waals surface area contributed by atoms with Crippen LogP contribution in [0.15, 0.2) is 54.1 Å². The summed E-state index contributed by atoms with van der Waals surface area (Å²) in [4.78, 5) is 23.0. The lowest BCUT2D eigenvalue weighted by Crippen LogP contribution is -2.14. The van der Waals surface area contributed by atoms with E-state index in [1.165, 1.54) is 24.3 Å². The van der Waals surface area contributed by atoms with Crippen LogP contribution in [0.4, 0.5) is 18.9 Å². The highest BCUT2D eigenvalue weighted by atomic mass is 19.4. The van der Waals surface area contributed by atoms with Gasteiger partial charge in [-0.2, -0.15) is 18.4 Å². The standard InChI is InChI=1S/C18H11F3N2O3/c19-18(20,21)14-6-4-11(5-7-14)8-13(10-22)16(24)23-15-3-1-2-12(9-15)17(25)26/h1-9H,(H,23,24)(H,25,26)/b13-8-. The molecule has 2 N–H and O–H groups in total. The third-order valence-electron chi connectivity index (χ3n) is 3.28. The van der Waals surface area contributed by atoms with Gasteiger partial charge in [0.05, 0.1) is 11.1 Å². The van der Waals surface area contributed by atoms with Gasteiger partial charge in [-0.15, -0.1) is 0 Å². The number of hydrogen-bond acceptors (Lipinski definition) is 3. The third kappa shape index (κ3) is 4.70. The van der Waals surface area contributed by atoms with E-state index in [1.54, 1.807) is 6.07 Å². The molecule has 0 heterocycles. The van der Waals surface area contributed by atoms with Crippen LogP contribution in [0.2, 0.25) is 0 Å². The van der Waals surface area contributed by atoms with Gasteiger partial charge in [0.15, 0.2) is 0 Å². The summed E-state index contributed by atoms with van der Waals surface area (Å²) in [5, 5.41) is 20.4. The summed E-state index contributed by atoms with van der Waals surface area (Å²) < 4.78 is 37.6. The van der Waals surface area contributed by atoms with Gasteiger partial charge in [0.25, 0.3) is 5.91 Å². The van der Waals surface area contributed by atoms with Gasteiger partial charge in [-0.25, -0.2) is 4.79 Å². The summed E-state index contributed by atoms with van der Waals surface area (Å²) in [5.74, 6) is -1.99. The molecule has 0 radical (unpaired) electrons. The number of nitrogens with zero attached hydrogens (tertiary/aromatic N) is 1. The van der Waals surface area contributed by atoms with Gasteiger partial charge < -0.3 is 10.4 Å². The summed E-state index contributed by atoms with van der Waals surface area (Å²) in [6.45, 7) is 0. The highest BCUT2D eigenvalue weighted by Crippen LogP contribution is 2.29. The quantitative estimate of drug-likeness (QED) is 0.638. The first kappa shape index (κ1) is 18.7. The van der Waals surface area contributed by atoms with Gasteiger partial charge in [0.2, 0.25) is 0 Å². The van der Waals surface area contributed by atoms with Crippen LogP contribution in [0.25, 0.3) is 6.08 Å². The molecule has 2 rings (SSSR count). The van der Waals surface area contributed by atoms with Gasteiger partial charge >= 0.3 is 12.1 Å². The maximum Gasteiger partial charge on any atom is 0.416 e. The van der Waals surface area contributed by atoms with Crippen molar-refractivity contribution in [2.75, 3.05) is 5.32 Å². The van der Waals surface area contributed by atoms with Crippen molar-refractivity contribution in [3.8, 4) is 6.07 Å². The van der Waals surface area contributed by atoms with Crippen LogP contribution in [0.3, 0.4) is 0 Å². The van der Waals surface area contributed by atoms with Crippen LogP contribution in [0.1, 0.15) is 21.5 Å². The molecule has 0 saturated heterocycles. The summed E-state index contributed by atoms with van der Waals surface area (Å²) >= 11 is 0. The molecule has 8 heteroatoms. The number of nitriles is 1. The lowest BCUT2D eigenvalue weighted by atomic mass is 10.1. The molecule has 0 unspecified atom stereocenters. The Morgan fingerprint density at radius 3 is 2.31 bits per heavy atom. The Morgan fingerprint density at radius 2 is 1.77 bits per heavy atom. The molecule has 0 aliphatic heterocycles. The lowest BCUT2D eigenvalue weighted by Gasteiger charge is -2.07. The summed E-state index contributed by atoms with van der Waals surface area (Å²) in [7, 11) is 0. The zero-order valence-corrected chi connectivity index (χ0v) is 13.0. The molecular weight excluding hydrogens is 349 g/mol. The fraction of sp³-hybridized carbons (Fsp3) is 0.0556. The number of benzene rings is 2. The number of halogens is 3. The van der Waals surface area contributed by atoms with Crippen molar-refractivity contribution >= 4 is 23.6 Å². The number of carboxylic acid groups (broad SMARTS) is 1. The Labute approximate surface area is 146 Å². The van der Waals surface area contributed by atoms with Gasteiger partial charge in [0.1, 0.15) is 11.6 Å². The Hall–Kier alpha value is -3.60. The minimum atomic E-state index is -4.48. The molecular formula is C18H11F3N2O3. The molecule has 5 nitrogen and oxygen atoms in total. The average molecular weight is 360 g/mol. The first-order valence-electron chi connectivity index (χ1n) is 7.14. The second kappa shape index (κ2) is 7.53. The van der Waals surface area contributed by atoms with Crippen molar-refractivity contribution in [2.24, 2.45) is 0 Å². The molecule has 0 bridgehead atoms. The first-order chi connectivity index (χ1) is 12.2. The van der Waals surface area contributed by atoms with E-state index in [0.29, 0.717) is 0 Å². The number of carboxylic acids is 1. The average Bonchev–Trinajstić information content (AvgIpc) is 2.59. The fourth-order valence-electron chi connectivity index (χ4n) is 2.01.